The Morgan fingerprint density at radius 1 is 0.846 bits per heavy atom. The summed E-state index contributed by atoms with van der Waals surface area (Å²) < 4.78 is 17.6. The number of halogens is 2. The van der Waals surface area contributed by atoms with E-state index in [2.05, 4.69) is 44.1 Å². The van der Waals surface area contributed by atoms with Gasteiger partial charge in [-0.2, -0.15) is 5.10 Å². The lowest BCUT2D eigenvalue weighted by Gasteiger charge is -2.37. The Labute approximate surface area is 312 Å². The van der Waals surface area contributed by atoms with Crippen LogP contribution in [0.3, 0.4) is 0 Å². The van der Waals surface area contributed by atoms with Gasteiger partial charge in [-0.15, -0.1) is 0 Å². The van der Waals surface area contributed by atoms with Gasteiger partial charge in [0.1, 0.15) is 24.8 Å². The van der Waals surface area contributed by atoms with Crippen molar-refractivity contribution in [1.29, 1.82) is 0 Å². The van der Waals surface area contributed by atoms with Crippen LogP contribution in [0.5, 0.6) is 5.75 Å². The maximum atomic E-state index is 12.8. The zero-order chi connectivity index (χ0) is 36.2. The first-order valence-corrected chi connectivity index (χ1v) is 18.2. The largest absolute Gasteiger partial charge is 0.491 e. The Morgan fingerprint density at radius 2 is 1.50 bits per heavy atom. The molecule has 0 spiro atoms. The number of para-hydroxylation sites is 2. The van der Waals surface area contributed by atoms with Gasteiger partial charge in [0.25, 0.3) is 0 Å². The molecule has 7 rings (SSSR count). The SMILES string of the molecule is CCC(C)n1ncn(-c2ccc(N3CCN(c4ccc(OC[C@H](CO)O[C@H](c5ccc(Cl)cc5Cl)n5cnc6ccccc65)cc4)CC3)cc2)c1=O. The van der Waals surface area contributed by atoms with Crippen LogP contribution in [-0.4, -0.2) is 74.5 Å². The quantitative estimate of drug-likeness (QED) is 0.135. The molecule has 2 aromatic heterocycles. The molecule has 1 aliphatic rings. The van der Waals surface area contributed by atoms with Gasteiger partial charge in [0.2, 0.25) is 0 Å². The van der Waals surface area contributed by atoms with E-state index in [4.69, 9.17) is 32.7 Å². The predicted molar refractivity (Wildman–Crippen MR) is 205 cm³/mol. The Balaban J connectivity index is 0.955. The highest BCUT2D eigenvalue weighted by Crippen LogP contribution is 2.33. The molecule has 52 heavy (non-hydrogen) atoms. The van der Waals surface area contributed by atoms with Gasteiger partial charge in [-0.05, 0) is 86.1 Å². The molecule has 1 unspecified atom stereocenters. The second-order valence-corrected chi connectivity index (χ2v) is 13.7. The molecule has 270 valence electrons. The maximum absolute atomic E-state index is 12.8. The van der Waals surface area contributed by atoms with Crippen LogP contribution in [0.15, 0.2) is 108 Å². The number of aromatic nitrogens is 5. The maximum Gasteiger partial charge on any atom is 0.350 e. The number of benzene rings is 4. The van der Waals surface area contributed by atoms with Crippen molar-refractivity contribution >= 4 is 45.6 Å². The van der Waals surface area contributed by atoms with Crippen molar-refractivity contribution in [2.45, 2.75) is 38.6 Å². The third-order valence-corrected chi connectivity index (χ3v) is 10.2. The number of hydrogen-bond donors (Lipinski definition) is 1. The van der Waals surface area contributed by atoms with Crippen molar-refractivity contribution in [2.24, 2.45) is 0 Å². The average molecular weight is 743 g/mol. The average Bonchev–Trinajstić information content (AvgIpc) is 3.79. The van der Waals surface area contributed by atoms with E-state index in [9.17, 15) is 9.90 Å². The predicted octanol–water partition coefficient (Wildman–Crippen LogP) is 6.99. The minimum absolute atomic E-state index is 0.0570. The van der Waals surface area contributed by atoms with E-state index >= 15 is 0 Å². The lowest BCUT2D eigenvalue weighted by atomic mass is 10.2. The lowest BCUT2D eigenvalue weighted by molar-refractivity contribution is -0.0699. The summed E-state index contributed by atoms with van der Waals surface area (Å²) in [6.45, 7) is 7.35. The van der Waals surface area contributed by atoms with E-state index < -0.39 is 12.3 Å². The number of imidazole rings is 1. The molecular formula is C39H41Cl2N7O4. The van der Waals surface area contributed by atoms with Gasteiger partial charge in [0, 0.05) is 53.2 Å². The van der Waals surface area contributed by atoms with Crippen molar-refractivity contribution in [3.63, 3.8) is 0 Å². The van der Waals surface area contributed by atoms with Crippen LogP contribution in [-0.2, 0) is 4.74 Å². The van der Waals surface area contributed by atoms with E-state index in [1.165, 1.54) is 4.68 Å². The Morgan fingerprint density at radius 3 is 2.15 bits per heavy atom. The van der Waals surface area contributed by atoms with E-state index in [1.807, 2.05) is 73.0 Å². The van der Waals surface area contributed by atoms with Crippen molar-refractivity contribution < 1.29 is 14.6 Å². The second-order valence-electron chi connectivity index (χ2n) is 12.9. The molecule has 0 saturated carbocycles. The molecule has 1 N–H and O–H groups in total. The summed E-state index contributed by atoms with van der Waals surface area (Å²) in [4.78, 5) is 22.1. The molecule has 4 aromatic carbocycles. The topological polar surface area (TPSA) is 103 Å². The summed E-state index contributed by atoms with van der Waals surface area (Å²) in [5, 5.41) is 15.6. The standard InChI is InChI=1S/C39H41Cl2N7O4/c1-3-27(2)48-39(50)46(26-43-48)31-11-9-29(10-12-31)44-18-20-45(21-19-44)30-13-15-32(16-14-30)51-24-33(23-49)52-38(34-17-8-28(40)22-35(34)41)47-25-42-36-6-4-5-7-37(36)47/h4-17,22,25-27,33,38,49H,3,18-21,23-24H2,1-2H3/t27?,33-,38+/m0/s1. The fourth-order valence-electron chi connectivity index (χ4n) is 6.43. The van der Waals surface area contributed by atoms with Gasteiger partial charge < -0.3 is 24.4 Å². The molecule has 1 saturated heterocycles. The highest BCUT2D eigenvalue weighted by molar-refractivity contribution is 6.35. The number of aliphatic hydroxyl groups excluding tert-OH is 1. The summed E-state index contributed by atoms with van der Waals surface area (Å²) in [7, 11) is 0. The smallest absolute Gasteiger partial charge is 0.350 e. The number of nitrogens with zero attached hydrogens (tertiary/aromatic N) is 7. The van der Waals surface area contributed by atoms with Crippen LogP contribution in [0.25, 0.3) is 16.7 Å². The van der Waals surface area contributed by atoms with E-state index in [0.29, 0.717) is 21.4 Å². The molecule has 0 radical (unpaired) electrons. The molecule has 6 aromatic rings. The summed E-state index contributed by atoms with van der Waals surface area (Å²) in [5.74, 6) is 0.674. The monoisotopic (exact) mass is 741 g/mol. The van der Waals surface area contributed by atoms with Crippen LogP contribution < -0.4 is 20.2 Å². The fraction of sp³-hybridized carbons (Fsp3) is 0.308. The van der Waals surface area contributed by atoms with Crippen molar-refractivity contribution in [1.82, 2.24) is 23.9 Å². The van der Waals surface area contributed by atoms with Gasteiger partial charge in [-0.3, -0.25) is 4.57 Å². The van der Waals surface area contributed by atoms with Crippen LogP contribution in [0, 0.1) is 0 Å². The Hall–Kier alpha value is -4.81. The number of ether oxygens (including phenoxy) is 2. The molecule has 11 nitrogen and oxygen atoms in total. The molecule has 13 heteroatoms. The zero-order valence-corrected chi connectivity index (χ0v) is 30.6. The number of piperazine rings is 1. The third kappa shape index (κ3) is 7.54. The minimum atomic E-state index is -0.680. The number of fused-ring (bicyclic) bond motifs is 1. The van der Waals surface area contributed by atoms with Crippen molar-refractivity contribution in [3.8, 4) is 11.4 Å². The summed E-state index contributed by atoms with van der Waals surface area (Å²) >= 11 is 12.8. The van der Waals surface area contributed by atoms with Crippen LogP contribution in [0.4, 0.5) is 11.4 Å². The number of aliphatic hydroxyl groups is 1. The summed E-state index contributed by atoms with van der Waals surface area (Å²) in [6.07, 6.45) is 2.80. The summed E-state index contributed by atoms with van der Waals surface area (Å²) in [6, 6.07) is 29.2. The Kier molecular flexibility index (Phi) is 10.8. The number of hydrogen-bond acceptors (Lipinski definition) is 8. The molecule has 1 fully saturated rings. The first kappa shape index (κ1) is 35.6. The van der Waals surface area contributed by atoms with E-state index in [1.54, 1.807) is 29.4 Å². The molecule has 0 amide bonds. The highest BCUT2D eigenvalue weighted by atomic mass is 35.5. The van der Waals surface area contributed by atoms with Gasteiger partial charge in [-0.1, -0.05) is 48.3 Å². The normalized spacial score (nSPS) is 15.2. The third-order valence-electron chi connectivity index (χ3n) is 9.60. The first-order valence-electron chi connectivity index (χ1n) is 17.4. The van der Waals surface area contributed by atoms with Gasteiger partial charge in [-0.25, -0.2) is 19.0 Å². The van der Waals surface area contributed by atoms with Gasteiger partial charge in [0.15, 0.2) is 6.23 Å². The van der Waals surface area contributed by atoms with Crippen molar-refractivity contribution in [3.05, 3.63) is 130 Å². The van der Waals surface area contributed by atoms with Crippen molar-refractivity contribution in [2.75, 3.05) is 49.2 Å². The van der Waals surface area contributed by atoms with Gasteiger partial charge >= 0.3 is 5.69 Å². The van der Waals surface area contributed by atoms with Crippen LogP contribution in [0.1, 0.15) is 38.1 Å². The Bertz CT molecular complexity index is 2160. The number of rotatable bonds is 13. The summed E-state index contributed by atoms with van der Waals surface area (Å²) in [5.41, 5.74) is 5.28. The zero-order valence-electron chi connectivity index (χ0n) is 29.1. The van der Waals surface area contributed by atoms with E-state index in [0.717, 1.165) is 60.7 Å². The fourth-order valence-corrected chi connectivity index (χ4v) is 6.93. The van der Waals surface area contributed by atoms with Gasteiger partial charge in [0.05, 0.1) is 35.7 Å². The molecule has 1 aliphatic heterocycles. The molecule has 0 bridgehead atoms. The molecule has 0 aliphatic carbocycles. The first-order chi connectivity index (χ1) is 25.3. The molecular weight excluding hydrogens is 701 g/mol. The second kappa shape index (κ2) is 15.8. The van der Waals surface area contributed by atoms with Crippen LogP contribution in [0.2, 0.25) is 10.0 Å². The highest BCUT2D eigenvalue weighted by Gasteiger charge is 2.25. The number of anilines is 2. The lowest BCUT2D eigenvalue weighted by Crippen LogP contribution is -2.46. The molecule has 3 heterocycles. The molecule has 3 atom stereocenters. The van der Waals surface area contributed by atoms with E-state index in [-0.39, 0.29) is 24.9 Å². The van der Waals surface area contributed by atoms with Crippen LogP contribution >= 0.6 is 23.2 Å². The minimum Gasteiger partial charge on any atom is -0.491 e.